The quantitative estimate of drug-likeness (QED) is 0.468. The molecule has 0 fully saturated rings. The van der Waals surface area contributed by atoms with Crippen LogP contribution in [0.25, 0.3) is 22.6 Å². The van der Waals surface area contributed by atoms with Gasteiger partial charge >= 0.3 is 0 Å². The number of hydrogen-bond acceptors (Lipinski definition) is 5. The van der Waals surface area contributed by atoms with Crippen molar-refractivity contribution in [2.24, 2.45) is 7.05 Å². The molecule has 0 N–H and O–H groups in total. The molecule has 130 valence electrons. The van der Waals surface area contributed by atoms with Crippen molar-refractivity contribution in [1.29, 1.82) is 0 Å². The first-order valence-corrected chi connectivity index (χ1v) is 9.23. The highest BCUT2D eigenvalue weighted by atomic mass is 32.2. The highest BCUT2D eigenvalue weighted by Crippen LogP contribution is 2.35. The van der Waals surface area contributed by atoms with Crippen LogP contribution in [-0.4, -0.2) is 19.7 Å². The SMILES string of the molecule is C[C@@H](Sc1ncc(-c2ccccc2)n1C)c1nc(-c2ccccc2)no1. The Labute approximate surface area is 156 Å². The maximum Gasteiger partial charge on any atom is 0.240 e. The topological polar surface area (TPSA) is 56.7 Å². The second-order valence-electron chi connectivity index (χ2n) is 5.93. The molecule has 0 spiro atoms. The molecule has 0 unspecified atom stereocenters. The van der Waals surface area contributed by atoms with Gasteiger partial charge in [0.15, 0.2) is 5.16 Å². The molecule has 0 bridgehead atoms. The summed E-state index contributed by atoms with van der Waals surface area (Å²) in [6.45, 7) is 2.05. The summed E-state index contributed by atoms with van der Waals surface area (Å²) in [5.41, 5.74) is 3.17. The van der Waals surface area contributed by atoms with Crippen molar-refractivity contribution in [2.75, 3.05) is 0 Å². The molecular weight excluding hydrogens is 344 g/mol. The lowest BCUT2D eigenvalue weighted by atomic mass is 10.2. The molecule has 0 aliphatic carbocycles. The summed E-state index contributed by atoms with van der Waals surface area (Å²) in [5, 5.41) is 5.01. The maximum absolute atomic E-state index is 5.47. The summed E-state index contributed by atoms with van der Waals surface area (Å²) in [4.78, 5) is 9.09. The van der Waals surface area contributed by atoms with Crippen LogP contribution in [0.15, 0.2) is 76.5 Å². The molecule has 4 aromatic rings. The van der Waals surface area contributed by atoms with Crippen molar-refractivity contribution >= 4 is 11.8 Å². The first kappa shape index (κ1) is 16.6. The van der Waals surface area contributed by atoms with E-state index in [9.17, 15) is 0 Å². The number of nitrogens with zero attached hydrogens (tertiary/aromatic N) is 4. The van der Waals surface area contributed by atoms with Gasteiger partial charge in [0.05, 0.1) is 17.1 Å². The van der Waals surface area contributed by atoms with Gasteiger partial charge in [0, 0.05) is 12.6 Å². The smallest absolute Gasteiger partial charge is 0.240 e. The predicted molar refractivity (Wildman–Crippen MR) is 103 cm³/mol. The first-order chi connectivity index (χ1) is 12.7. The second kappa shape index (κ2) is 7.17. The van der Waals surface area contributed by atoms with Crippen LogP contribution in [0.5, 0.6) is 0 Å². The van der Waals surface area contributed by atoms with E-state index in [1.165, 1.54) is 0 Å². The number of aromatic nitrogens is 4. The average Bonchev–Trinajstić information content (AvgIpc) is 3.31. The van der Waals surface area contributed by atoms with Crippen molar-refractivity contribution in [3.63, 3.8) is 0 Å². The molecule has 6 heteroatoms. The number of rotatable bonds is 5. The number of hydrogen-bond donors (Lipinski definition) is 0. The molecule has 0 radical (unpaired) electrons. The van der Waals surface area contributed by atoms with Gasteiger partial charge in [-0.15, -0.1) is 0 Å². The highest BCUT2D eigenvalue weighted by molar-refractivity contribution is 7.99. The minimum absolute atomic E-state index is 0.00434. The molecule has 2 aromatic heterocycles. The van der Waals surface area contributed by atoms with Crippen molar-refractivity contribution in [2.45, 2.75) is 17.3 Å². The van der Waals surface area contributed by atoms with Gasteiger partial charge in [-0.2, -0.15) is 4.98 Å². The van der Waals surface area contributed by atoms with Gasteiger partial charge in [-0.1, -0.05) is 77.6 Å². The summed E-state index contributed by atoms with van der Waals surface area (Å²) in [5.74, 6) is 1.20. The first-order valence-electron chi connectivity index (χ1n) is 8.35. The van der Waals surface area contributed by atoms with Crippen molar-refractivity contribution in [3.8, 4) is 22.6 Å². The van der Waals surface area contributed by atoms with Crippen LogP contribution in [-0.2, 0) is 7.05 Å². The van der Waals surface area contributed by atoms with E-state index in [0.717, 1.165) is 22.0 Å². The Bertz CT molecular complexity index is 995. The van der Waals surface area contributed by atoms with E-state index in [-0.39, 0.29) is 5.25 Å². The molecule has 5 nitrogen and oxygen atoms in total. The third-order valence-electron chi connectivity index (χ3n) is 4.12. The van der Waals surface area contributed by atoms with Crippen molar-refractivity contribution in [1.82, 2.24) is 19.7 Å². The third-order valence-corrected chi connectivity index (χ3v) is 5.26. The molecule has 2 heterocycles. The zero-order chi connectivity index (χ0) is 17.9. The highest BCUT2D eigenvalue weighted by Gasteiger charge is 2.19. The normalized spacial score (nSPS) is 12.2. The minimum atomic E-state index is 0.00434. The van der Waals surface area contributed by atoms with Crippen LogP contribution in [0.2, 0.25) is 0 Å². The fourth-order valence-corrected chi connectivity index (χ4v) is 3.58. The Kier molecular flexibility index (Phi) is 4.58. The zero-order valence-corrected chi connectivity index (χ0v) is 15.4. The molecule has 0 saturated heterocycles. The van der Waals surface area contributed by atoms with Gasteiger partial charge in [-0.25, -0.2) is 4.98 Å². The third kappa shape index (κ3) is 3.28. The van der Waals surface area contributed by atoms with Crippen LogP contribution in [0.4, 0.5) is 0 Å². The standard InChI is InChI=1S/C20H18N4OS/c1-14(19-22-18(23-25-19)16-11-7-4-8-12-16)26-20-21-13-17(24(20)2)15-9-5-3-6-10-15/h3-14H,1-2H3/t14-/m1/s1. The van der Waals surface area contributed by atoms with Crippen molar-refractivity contribution < 1.29 is 4.52 Å². The van der Waals surface area contributed by atoms with Crippen LogP contribution >= 0.6 is 11.8 Å². The Morgan fingerprint density at radius 2 is 1.62 bits per heavy atom. The summed E-state index contributed by atoms with van der Waals surface area (Å²) < 4.78 is 7.55. The van der Waals surface area contributed by atoms with E-state index >= 15 is 0 Å². The van der Waals surface area contributed by atoms with E-state index in [2.05, 4.69) is 31.8 Å². The van der Waals surface area contributed by atoms with Gasteiger partial charge in [0.25, 0.3) is 0 Å². The Balaban J connectivity index is 1.53. The fraction of sp³-hybridized carbons (Fsp3) is 0.150. The molecule has 0 amide bonds. The molecule has 0 aliphatic heterocycles. The van der Waals surface area contributed by atoms with Crippen LogP contribution < -0.4 is 0 Å². The molecule has 26 heavy (non-hydrogen) atoms. The molecular formula is C20H18N4OS. The van der Waals surface area contributed by atoms with Crippen molar-refractivity contribution in [3.05, 3.63) is 72.8 Å². The molecule has 4 rings (SSSR count). The monoisotopic (exact) mass is 362 g/mol. The van der Waals surface area contributed by atoms with Crippen LogP contribution in [0.1, 0.15) is 18.1 Å². The van der Waals surface area contributed by atoms with E-state index in [0.29, 0.717) is 11.7 Å². The number of thioether (sulfide) groups is 1. The lowest BCUT2D eigenvalue weighted by Gasteiger charge is -2.08. The molecule has 2 aromatic carbocycles. The summed E-state index contributed by atoms with van der Waals surface area (Å²) >= 11 is 1.60. The van der Waals surface area contributed by atoms with E-state index in [1.807, 2.05) is 68.7 Å². The number of imidazole rings is 1. The Morgan fingerprint density at radius 1 is 0.962 bits per heavy atom. The van der Waals surface area contributed by atoms with Gasteiger partial charge in [0.2, 0.25) is 11.7 Å². The van der Waals surface area contributed by atoms with E-state index < -0.39 is 0 Å². The largest absolute Gasteiger partial charge is 0.338 e. The van der Waals surface area contributed by atoms with Gasteiger partial charge in [-0.05, 0) is 12.5 Å². The van der Waals surface area contributed by atoms with E-state index in [4.69, 9.17) is 4.52 Å². The molecule has 0 aliphatic rings. The lowest BCUT2D eigenvalue weighted by molar-refractivity contribution is 0.380. The van der Waals surface area contributed by atoms with E-state index in [1.54, 1.807) is 11.8 Å². The minimum Gasteiger partial charge on any atom is -0.338 e. The zero-order valence-electron chi connectivity index (χ0n) is 14.5. The maximum atomic E-state index is 5.47. The second-order valence-corrected chi connectivity index (χ2v) is 7.24. The lowest BCUT2D eigenvalue weighted by Crippen LogP contribution is -1.97. The summed E-state index contributed by atoms with van der Waals surface area (Å²) in [6, 6.07) is 20.1. The molecule has 1 atom stereocenters. The van der Waals surface area contributed by atoms with Gasteiger partial charge < -0.3 is 9.09 Å². The Hall–Kier alpha value is -2.86. The van der Waals surface area contributed by atoms with Crippen LogP contribution in [0, 0.1) is 0 Å². The summed E-state index contributed by atoms with van der Waals surface area (Å²) in [7, 11) is 2.02. The average molecular weight is 362 g/mol. The molecule has 0 saturated carbocycles. The summed E-state index contributed by atoms with van der Waals surface area (Å²) in [6.07, 6.45) is 1.90. The van der Waals surface area contributed by atoms with Crippen LogP contribution in [0.3, 0.4) is 0 Å². The predicted octanol–water partition coefficient (Wildman–Crippen LogP) is 4.99. The Morgan fingerprint density at radius 3 is 2.31 bits per heavy atom. The van der Waals surface area contributed by atoms with Gasteiger partial charge in [-0.3, -0.25) is 0 Å². The van der Waals surface area contributed by atoms with Gasteiger partial charge in [0.1, 0.15) is 0 Å². The fourth-order valence-electron chi connectivity index (χ4n) is 2.69. The number of benzene rings is 2.